The van der Waals surface area contributed by atoms with Crippen LogP contribution in [0.2, 0.25) is 0 Å². The Bertz CT molecular complexity index is 538. The van der Waals surface area contributed by atoms with Gasteiger partial charge in [0.15, 0.2) is 0 Å². The molecule has 0 bridgehead atoms. The Morgan fingerprint density at radius 2 is 2.21 bits per heavy atom. The van der Waals surface area contributed by atoms with Crippen LogP contribution in [0.25, 0.3) is 10.9 Å². The first kappa shape index (κ1) is 12.7. The molecule has 2 aromatic rings. The molecule has 0 radical (unpaired) electrons. The summed E-state index contributed by atoms with van der Waals surface area (Å²) in [6.07, 6.45) is 2.63. The number of H-pyrrole nitrogens is 1. The fourth-order valence-electron chi connectivity index (χ4n) is 3.04. The molecule has 19 heavy (non-hydrogen) atoms. The summed E-state index contributed by atoms with van der Waals surface area (Å²) < 4.78 is 0. The molecular weight excluding hydrogens is 234 g/mol. The van der Waals surface area contributed by atoms with E-state index in [2.05, 4.69) is 46.8 Å². The molecule has 1 fully saturated rings. The summed E-state index contributed by atoms with van der Waals surface area (Å²) in [7, 11) is 0. The maximum atomic E-state index is 3.60. The van der Waals surface area contributed by atoms with Gasteiger partial charge in [0.2, 0.25) is 0 Å². The zero-order valence-corrected chi connectivity index (χ0v) is 11.6. The smallest absolute Gasteiger partial charge is 0.0459 e. The summed E-state index contributed by atoms with van der Waals surface area (Å²) in [5.41, 5.74) is 3.95. The number of benzene rings is 1. The monoisotopic (exact) mass is 257 g/mol. The minimum Gasteiger partial charge on any atom is -0.358 e. The summed E-state index contributed by atoms with van der Waals surface area (Å²) in [6, 6.07) is 8.55. The Balaban J connectivity index is 1.57. The van der Waals surface area contributed by atoms with E-state index in [1.54, 1.807) is 0 Å². The topological polar surface area (TPSA) is 39.9 Å². The van der Waals surface area contributed by atoms with Crippen LogP contribution in [0.4, 0.5) is 0 Å². The number of aromatic nitrogens is 1. The number of para-hydroxylation sites is 1. The standard InChI is InChI=1S/C16H23N3/c1-12-15(14-4-2-3-5-16(14)19-12)11-18-9-7-13-6-8-17-10-13/h2-5,13,17-19H,6-11H2,1H3. The van der Waals surface area contributed by atoms with Crippen LogP contribution in [0.15, 0.2) is 24.3 Å². The van der Waals surface area contributed by atoms with Gasteiger partial charge in [0.1, 0.15) is 0 Å². The van der Waals surface area contributed by atoms with E-state index in [4.69, 9.17) is 0 Å². The second-order valence-corrected chi connectivity index (χ2v) is 5.60. The molecule has 1 aliphatic heterocycles. The molecule has 1 atom stereocenters. The molecule has 1 aliphatic rings. The van der Waals surface area contributed by atoms with Crippen LogP contribution in [0.1, 0.15) is 24.1 Å². The van der Waals surface area contributed by atoms with Crippen LogP contribution in [-0.2, 0) is 6.54 Å². The van der Waals surface area contributed by atoms with Crippen molar-refractivity contribution in [1.29, 1.82) is 0 Å². The van der Waals surface area contributed by atoms with Crippen molar-refractivity contribution in [2.24, 2.45) is 5.92 Å². The fraction of sp³-hybridized carbons (Fsp3) is 0.500. The highest BCUT2D eigenvalue weighted by Crippen LogP contribution is 2.21. The van der Waals surface area contributed by atoms with Crippen molar-refractivity contribution in [3.8, 4) is 0 Å². The van der Waals surface area contributed by atoms with Crippen molar-refractivity contribution in [3.63, 3.8) is 0 Å². The minimum absolute atomic E-state index is 0.872. The maximum absolute atomic E-state index is 3.60. The molecule has 3 nitrogen and oxygen atoms in total. The van der Waals surface area contributed by atoms with Crippen LogP contribution in [0.5, 0.6) is 0 Å². The second-order valence-electron chi connectivity index (χ2n) is 5.60. The summed E-state index contributed by atoms with van der Waals surface area (Å²) in [5, 5.41) is 8.38. The molecule has 0 saturated carbocycles. The lowest BCUT2D eigenvalue weighted by atomic mass is 10.1. The van der Waals surface area contributed by atoms with Gasteiger partial charge in [-0.2, -0.15) is 0 Å². The van der Waals surface area contributed by atoms with Crippen molar-refractivity contribution in [3.05, 3.63) is 35.5 Å². The van der Waals surface area contributed by atoms with Crippen molar-refractivity contribution in [2.45, 2.75) is 26.3 Å². The lowest BCUT2D eigenvalue weighted by Gasteiger charge is -2.09. The van der Waals surface area contributed by atoms with Gasteiger partial charge in [-0.1, -0.05) is 18.2 Å². The number of aromatic amines is 1. The third-order valence-corrected chi connectivity index (χ3v) is 4.22. The Kier molecular flexibility index (Phi) is 3.85. The summed E-state index contributed by atoms with van der Waals surface area (Å²) in [5.74, 6) is 0.872. The van der Waals surface area contributed by atoms with Crippen molar-refractivity contribution < 1.29 is 0 Å². The molecule has 3 rings (SSSR count). The van der Waals surface area contributed by atoms with Gasteiger partial charge in [0, 0.05) is 23.1 Å². The van der Waals surface area contributed by atoms with Gasteiger partial charge < -0.3 is 15.6 Å². The maximum Gasteiger partial charge on any atom is 0.0459 e. The molecule has 3 heteroatoms. The van der Waals surface area contributed by atoms with Gasteiger partial charge in [-0.15, -0.1) is 0 Å². The summed E-state index contributed by atoms with van der Waals surface area (Å²) in [4.78, 5) is 3.46. The van der Waals surface area contributed by atoms with Crippen LogP contribution >= 0.6 is 0 Å². The van der Waals surface area contributed by atoms with Crippen molar-refractivity contribution in [2.75, 3.05) is 19.6 Å². The number of rotatable bonds is 5. The zero-order valence-electron chi connectivity index (χ0n) is 11.6. The first-order valence-electron chi connectivity index (χ1n) is 7.32. The van der Waals surface area contributed by atoms with Crippen LogP contribution in [0.3, 0.4) is 0 Å². The number of aryl methyl sites for hydroxylation is 1. The molecule has 1 unspecified atom stereocenters. The van der Waals surface area contributed by atoms with E-state index >= 15 is 0 Å². The molecule has 102 valence electrons. The van der Waals surface area contributed by atoms with E-state index in [0.717, 1.165) is 19.0 Å². The average Bonchev–Trinajstić information content (AvgIpc) is 3.02. The van der Waals surface area contributed by atoms with Gasteiger partial charge in [0.25, 0.3) is 0 Å². The SMILES string of the molecule is Cc1[nH]c2ccccc2c1CNCCC1CCNC1. The van der Waals surface area contributed by atoms with E-state index in [9.17, 15) is 0 Å². The largest absolute Gasteiger partial charge is 0.358 e. The lowest BCUT2D eigenvalue weighted by molar-refractivity contribution is 0.500. The molecule has 1 aromatic heterocycles. The van der Waals surface area contributed by atoms with Gasteiger partial charge in [-0.3, -0.25) is 0 Å². The molecule has 2 heterocycles. The van der Waals surface area contributed by atoms with Crippen LogP contribution < -0.4 is 10.6 Å². The minimum atomic E-state index is 0.872. The Hall–Kier alpha value is -1.32. The number of hydrogen-bond donors (Lipinski definition) is 3. The number of fused-ring (bicyclic) bond motifs is 1. The zero-order chi connectivity index (χ0) is 13.1. The highest BCUT2D eigenvalue weighted by molar-refractivity contribution is 5.84. The van der Waals surface area contributed by atoms with E-state index in [0.29, 0.717) is 0 Å². The van der Waals surface area contributed by atoms with Gasteiger partial charge in [-0.25, -0.2) is 0 Å². The normalized spacial score (nSPS) is 19.3. The highest BCUT2D eigenvalue weighted by atomic mass is 14.9. The molecule has 0 aliphatic carbocycles. The predicted molar refractivity (Wildman–Crippen MR) is 80.3 cm³/mol. The fourth-order valence-corrected chi connectivity index (χ4v) is 3.04. The second kappa shape index (κ2) is 5.76. The van der Waals surface area contributed by atoms with Crippen molar-refractivity contribution >= 4 is 10.9 Å². The average molecular weight is 257 g/mol. The molecule has 0 spiro atoms. The third kappa shape index (κ3) is 2.82. The van der Waals surface area contributed by atoms with Crippen LogP contribution in [0, 0.1) is 12.8 Å². The number of nitrogens with one attached hydrogen (secondary N) is 3. The molecular formula is C16H23N3. The molecule has 0 amide bonds. The Labute approximate surface area is 114 Å². The summed E-state index contributed by atoms with van der Waals surface area (Å²) in [6.45, 7) is 6.65. The number of hydrogen-bond acceptors (Lipinski definition) is 2. The van der Waals surface area contributed by atoms with Gasteiger partial charge >= 0.3 is 0 Å². The van der Waals surface area contributed by atoms with Crippen LogP contribution in [-0.4, -0.2) is 24.6 Å². The van der Waals surface area contributed by atoms with Gasteiger partial charge in [-0.05, 0) is 56.9 Å². The molecule has 1 saturated heterocycles. The quantitative estimate of drug-likeness (QED) is 0.720. The molecule has 1 aromatic carbocycles. The van der Waals surface area contributed by atoms with E-state index in [-0.39, 0.29) is 0 Å². The lowest BCUT2D eigenvalue weighted by Crippen LogP contribution is -2.19. The third-order valence-electron chi connectivity index (χ3n) is 4.22. The van der Waals surface area contributed by atoms with Gasteiger partial charge in [0.05, 0.1) is 0 Å². The van der Waals surface area contributed by atoms with E-state index in [1.807, 2.05) is 0 Å². The highest BCUT2D eigenvalue weighted by Gasteiger charge is 2.13. The Morgan fingerprint density at radius 3 is 3.05 bits per heavy atom. The van der Waals surface area contributed by atoms with Crippen molar-refractivity contribution in [1.82, 2.24) is 15.6 Å². The first-order valence-corrected chi connectivity index (χ1v) is 7.32. The Morgan fingerprint density at radius 1 is 1.32 bits per heavy atom. The first-order chi connectivity index (χ1) is 9.34. The van der Waals surface area contributed by atoms with E-state index < -0.39 is 0 Å². The van der Waals surface area contributed by atoms with E-state index in [1.165, 1.54) is 48.1 Å². The predicted octanol–water partition coefficient (Wildman–Crippen LogP) is 2.57. The molecule has 3 N–H and O–H groups in total. The summed E-state index contributed by atoms with van der Waals surface area (Å²) >= 11 is 0.